The molecule has 2 aromatic rings. The maximum atomic E-state index is 13.2. The maximum Gasteiger partial charge on any atom is 0.238 e. The number of rotatable bonds is 7. The summed E-state index contributed by atoms with van der Waals surface area (Å²) in [5.41, 5.74) is 1.67. The Morgan fingerprint density at radius 2 is 1.70 bits per heavy atom. The van der Waals surface area contributed by atoms with Crippen molar-refractivity contribution in [3.63, 3.8) is 0 Å². The molecule has 0 unspecified atom stereocenters. The molecule has 0 spiro atoms. The average Bonchev–Trinajstić information content (AvgIpc) is 2.59. The van der Waals surface area contributed by atoms with Crippen molar-refractivity contribution in [2.24, 2.45) is 0 Å². The highest BCUT2D eigenvalue weighted by atomic mass is 35.5. The van der Waals surface area contributed by atoms with Crippen molar-refractivity contribution < 1.29 is 14.0 Å². The number of hydrogen-bond donors (Lipinski definition) is 2. The van der Waals surface area contributed by atoms with Crippen molar-refractivity contribution in [1.29, 1.82) is 0 Å². The van der Waals surface area contributed by atoms with Crippen molar-refractivity contribution in [3.05, 3.63) is 63.4 Å². The van der Waals surface area contributed by atoms with E-state index >= 15 is 0 Å². The number of nitrogens with zero attached hydrogens (tertiary/aromatic N) is 1. The van der Waals surface area contributed by atoms with E-state index in [1.807, 2.05) is 0 Å². The smallest absolute Gasteiger partial charge is 0.238 e. The fraction of sp³-hybridized carbons (Fsp3) is 0.263. The molecule has 0 aromatic heterocycles. The van der Waals surface area contributed by atoms with Gasteiger partial charge >= 0.3 is 0 Å². The van der Waals surface area contributed by atoms with Gasteiger partial charge in [-0.05, 0) is 43.3 Å². The zero-order valence-corrected chi connectivity index (χ0v) is 16.5. The van der Waals surface area contributed by atoms with Crippen molar-refractivity contribution >= 4 is 40.7 Å². The van der Waals surface area contributed by atoms with Crippen LogP contribution in [0.25, 0.3) is 0 Å². The molecule has 0 aliphatic rings. The molecule has 0 heterocycles. The minimum absolute atomic E-state index is 0.00930. The summed E-state index contributed by atoms with van der Waals surface area (Å²) in [7, 11) is 1.65. The molecule has 2 aromatic carbocycles. The number of halogens is 3. The van der Waals surface area contributed by atoms with E-state index in [1.165, 1.54) is 6.07 Å². The van der Waals surface area contributed by atoms with Crippen LogP contribution in [0.5, 0.6) is 0 Å². The summed E-state index contributed by atoms with van der Waals surface area (Å²) in [5.74, 6) is -0.869. The lowest BCUT2D eigenvalue weighted by atomic mass is 10.1. The lowest BCUT2D eigenvalue weighted by Crippen LogP contribution is -2.38. The normalized spacial score (nSPS) is 10.7. The number of anilines is 1. The Morgan fingerprint density at radius 1 is 1.07 bits per heavy atom. The van der Waals surface area contributed by atoms with Crippen LogP contribution in [0.3, 0.4) is 0 Å². The molecule has 0 bridgehead atoms. The Balaban J connectivity index is 1.80. The van der Waals surface area contributed by atoms with Gasteiger partial charge in [0.15, 0.2) is 0 Å². The number of hydrogen-bond acceptors (Lipinski definition) is 3. The molecule has 0 fully saturated rings. The average molecular weight is 412 g/mol. The van der Waals surface area contributed by atoms with E-state index in [0.29, 0.717) is 21.3 Å². The first-order valence-electron chi connectivity index (χ1n) is 8.20. The van der Waals surface area contributed by atoms with Gasteiger partial charge in [0, 0.05) is 6.54 Å². The standard InChI is InChI=1S/C19H20Cl2FN3O2/c1-12-8-13(6-7-16(12)22)9-23-17(26)10-25(2)11-18(27)24-19-14(20)4-3-5-15(19)21/h3-8H,9-11H2,1-2H3,(H,23,26)(H,24,27). The summed E-state index contributed by atoms with van der Waals surface area (Å²) in [5, 5.41) is 6.06. The maximum absolute atomic E-state index is 13.2. The van der Waals surface area contributed by atoms with E-state index in [0.717, 1.165) is 5.56 Å². The van der Waals surface area contributed by atoms with Crippen LogP contribution in [0.4, 0.5) is 10.1 Å². The number of carbonyl (C=O) groups is 2. The molecule has 27 heavy (non-hydrogen) atoms. The summed E-state index contributed by atoms with van der Waals surface area (Å²) in [6, 6.07) is 9.59. The van der Waals surface area contributed by atoms with Crippen molar-refractivity contribution in [2.75, 3.05) is 25.5 Å². The summed E-state index contributed by atoms with van der Waals surface area (Å²) in [6.45, 7) is 1.97. The zero-order valence-electron chi connectivity index (χ0n) is 15.0. The Kier molecular flexibility index (Phi) is 7.59. The van der Waals surface area contributed by atoms with Crippen molar-refractivity contribution in [3.8, 4) is 0 Å². The van der Waals surface area contributed by atoms with E-state index in [2.05, 4.69) is 10.6 Å². The van der Waals surface area contributed by atoms with Gasteiger partial charge in [-0.15, -0.1) is 0 Å². The summed E-state index contributed by atoms with van der Waals surface area (Å²) in [4.78, 5) is 25.7. The van der Waals surface area contributed by atoms with Gasteiger partial charge in [-0.25, -0.2) is 4.39 Å². The van der Waals surface area contributed by atoms with Crippen molar-refractivity contribution in [1.82, 2.24) is 10.2 Å². The molecular weight excluding hydrogens is 392 g/mol. The van der Waals surface area contributed by atoms with Gasteiger partial charge in [0.25, 0.3) is 0 Å². The molecular formula is C19H20Cl2FN3O2. The Morgan fingerprint density at radius 3 is 2.33 bits per heavy atom. The number of likely N-dealkylation sites (N-methyl/N-ethyl adjacent to an activating group) is 1. The fourth-order valence-electron chi connectivity index (χ4n) is 2.42. The van der Waals surface area contributed by atoms with Crippen LogP contribution in [0, 0.1) is 12.7 Å². The minimum atomic E-state index is -0.338. The molecule has 0 atom stereocenters. The largest absolute Gasteiger partial charge is 0.351 e. The third-order valence-corrected chi connectivity index (χ3v) is 4.40. The highest BCUT2D eigenvalue weighted by Crippen LogP contribution is 2.29. The highest BCUT2D eigenvalue weighted by Gasteiger charge is 2.13. The van der Waals surface area contributed by atoms with Crippen LogP contribution in [-0.2, 0) is 16.1 Å². The first-order valence-corrected chi connectivity index (χ1v) is 8.96. The zero-order chi connectivity index (χ0) is 20.0. The SMILES string of the molecule is Cc1cc(CNC(=O)CN(C)CC(=O)Nc2c(Cl)cccc2Cl)ccc1F. The van der Waals surface area contributed by atoms with Crippen LogP contribution in [0.1, 0.15) is 11.1 Å². The lowest BCUT2D eigenvalue weighted by molar-refractivity contribution is -0.123. The number of benzene rings is 2. The second-order valence-corrected chi connectivity index (χ2v) is 6.99. The van der Waals surface area contributed by atoms with Gasteiger partial charge in [-0.1, -0.05) is 41.4 Å². The van der Waals surface area contributed by atoms with Crippen LogP contribution < -0.4 is 10.6 Å². The number of carbonyl (C=O) groups excluding carboxylic acids is 2. The first kappa shape index (κ1) is 21.2. The molecule has 2 N–H and O–H groups in total. The number of nitrogens with one attached hydrogen (secondary N) is 2. The number of aryl methyl sites for hydroxylation is 1. The van der Waals surface area contributed by atoms with Crippen LogP contribution in [-0.4, -0.2) is 36.9 Å². The fourth-order valence-corrected chi connectivity index (χ4v) is 2.91. The second-order valence-electron chi connectivity index (χ2n) is 6.18. The summed E-state index contributed by atoms with van der Waals surface area (Å²) in [6.07, 6.45) is 0. The van der Waals surface area contributed by atoms with Crippen LogP contribution >= 0.6 is 23.2 Å². The van der Waals surface area contributed by atoms with E-state index in [9.17, 15) is 14.0 Å². The lowest BCUT2D eigenvalue weighted by Gasteiger charge is -2.17. The highest BCUT2D eigenvalue weighted by molar-refractivity contribution is 6.39. The first-order chi connectivity index (χ1) is 12.8. The molecule has 0 radical (unpaired) electrons. The predicted octanol–water partition coefficient (Wildman–Crippen LogP) is 3.63. The Bertz CT molecular complexity index is 825. The molecule has 2 amide bonds. The molecule has 5 nitrogen and oxygen atoms in total. The number of para-hydroxylation sites is 1. The van der Waals surface area contributed by atoms with Gasteiger partial charge in [-0.3, -0.25) is 14.5 Å². The topological polar surface area (TPSA) is 61.4 Å². The van der Waals surface area contributed by atoms with Crippen LogP contribution in [0.2, 0.25) is 10.0 Å². The molecule has 0 aliphatic heterocycles. The van der Waals surface area contributed by atoms with Gasteiger partial charge in [0.1, 0.15) is 5.82 Å². The van der Waals surface area contributed by atoms with E-state index < -0.39 is 0 Å². The van der Waals surface area contributed by atoms with Crippen molar-refractivity contribution in [2.45, 2.75) is 13.5 Å². The van der Waals surface area contributed by atoms with E-state index in [-0.39, 0.29) is 37.3 Å². The third-order valence-electron chi connectivity index (χ3n) is 3.77. The molecule has 0 saturated carbocycles. The Hall–Kier alpha value is -2.15. The number of amides is 2. The molecule has 0 saturated heterocycles. The van der Waals surface area contributed by atoms with Gasteiger partial charge in [-0.2, -0.15) is 0 Å². The van der Waals surface area contributed by atoms with Crippen LogP contribution in [0.15, 0.2) is 36.4 Å². The summed E-state index contributed by atoms with van der Waals surface area (Å²) < 4.78 is 13.2. The Labute approximate surface area is 167 Å². The predicted molar refractivity (Wildman–Crippen MR) is 106 cm³/mol. The summed E-state index contributed by atoms with van der Waals surface area (Å²) >= 11 is 12.0. The second kappa shape index (κ2) is 9.69. The van der Waals surface area contributed by atoms with E-state index in [4.69, 9.17) is 23.2 Å². The molecule has 144 valence electrons. The molecule has 8 heteroatoms. The monoisotopic (exact) mass is 411 g/mol. The van der Waals surface area contributed by atoms with E-state index in [1.54, 1.807) is 49.2 Å². The van der Waals surface area contributed by atoms with Gasteiger partial charge in [0.2, 0.25) is 11.8 Å². The quantitative estimate of drug-likeness (QED) is 0.730. The molecule has 2 rings (SSSR count). The molecule has 0 aliphatic carbocycles. The third kappa shape index (κ3) is 6.50. The van der Waals surface area contributed by atoms with Gasteiger partial charge in [0.05, 0.1) is 28.8 Å². The minimum Gasteiger partial charge on any atom is -0.351 e. The van der Waals surface area contributed by atoms with Gasteiger partial charge < -0.3 is 10.6 Å².